The lowest BCUT2D eigenvalue weighted by atomic mass is 9.91. The highest BCUT2D eigenvalue weighted by molar-refractivity contribution is 9.09. The van der Waals surface area contributed by atoms with E-state index in [1.165, 1.54) is 19.3 Å². The first-order valence-corrected chi connectivity index (χ1v) is 7.37. The van der Waals surface area contributed by atoms with Crippen molar-refractivity contribution in [3.63, 3.8) is 0 Å². The van der Waals surface area contributed by atoms with Crippen molar-refractivity contribution in [1.29, 1.82) is 0 Å². The smallest absolute Gasteiger partial charge is 0.258 e. The van der Waals surface area contributed by atoms with Crippen molar-refractivity contribution in [1.82, 2.24) is 0 Å². The first-order valence-electron chi connectivity index (χ1n) is 6.46. The number of halogens is 1. The number of hydrogen-bond acceptors (Lipinski definition) is 2. The minimum atomic E-state index is -0.285. The first kappa shape index (κ1) is 13.5. The zero-order valence-corrected chi connectivity index (χ0v) is 12.1. The van der Waals surface area contributed by atoms with E-state index in [9.17, 15) is 10.1 Å². The molecule has 1 fully saturated rings. The van der Waals surface area contributed by atoms with Gasteiger partial charge in [0.2, 0.25) is 0 Å². The van der Waals surface area contributed by atoms with Crippen molar-refractivity contribution in [2.75, 3.05) is 0 Å². The molecule has 2 rings (SSSR count). The second kappa shape index (κ2) is 5.83. The summed E-state index contributed by atoms with van der Waals surface area (Å²) in [7, 11) is 0. The van der Waals surface area contributed by atoms with Gasteiger partial charge in [-0.1, -0.05) is 53.9 Å². The summed E-state index contributed by atoms with van der Waals surface area (Å²) in [6, 6.07) is 7.06. The van der Waals surface area contributed by atoms with Crippen LogP contribution in [0.5, 0.6) is 0 Å². The molecule has 0 radical (unpaired) electrons. The van der Waals surface area contributed by atoms with Gasteiger partial charge in [-0.15, -0.1) is 0 Å². The molecule has 4 heteroatoms. The number of benzene rings is 1. The van der Waals surface area contributed by atoms with Crippen LogP contribution in [0.1, 0.15) is 31.7 Å². The minimum Gasteiger partial charge on any atom is -0.258 e. The van der Waals surface area contributed by atoms with Crippen molar-refractivity contribution in [3.8, 4) is 0 Å². The van der Waals surface area contributed by atoms with Gasteiger partial charge in [0.15, 0.2) is 0 Å². The fourth-order valence-electron chi connectivity index (χ4n) is 2.93. The summed E-state index contributed by atoms with van der Waals surface area (Å²) < 4.78 is 0. The van der Waals surface area contributed by atoms with Crippen molar-refractivity contribution in [2.45, 2.75) is 37.4 Å². The second-order valence-electron chi connectivity index (χ2n) is 5.18. The third-order valence-electron chi connectivity index (χ3n) is 4.00. The van der Waals surface area contributed by atoms with Crippen LogP contribution in [0.15, 0.2) is 24.3 Å². The molecule has 3 unspecified atom stereocenters. The van der Waals surface area contributed by atoms with Crippen LogP contribution < -0.4 is 0 Å². The predicted molar refractivity (Wildman–Crippen MR) is 76.0 cm³/mol. The highest BCUT2D eigenvalue weighted by atomic mass is 79.9. The summed E-state index contributed by atoms with van der Waals surface area (Å²) in [4.78, 5) is 11.0. The summed E-state index contributed by atoms with van der Waals surface area (Å²) in [5.41, 5.74) is 1.08. The zero-order valence-electron chi connectivity index (χ0n) is 10.5. The van der Waals surface area contributed by atoms with E-state index in [4.69, 9.17) is 0 Å². The van der Waals surface area contributed by atoms with Gasteiger partial charge in [0, 0.05) is 16.5 Å². The fourth-order valence-corrected chi connectivity index (χ4v) is 4.07. The Morgan fingerprint density at radius 2 is 2.17 bits per heavy atom. The average Bonchev–Trinajstić information content (AvgIpc) is 2.76. The van der Waals surface area contributed by atoms with Crippen LogP contribution in [0.2, 0.25) is 0 Å². The van der Waals surface area contributed by atoms with Crippen molar-refractivity contribution >= 4 is 21.6 Å². The van der Waals surface area contributed by atoms with Crippen molar-refractivity contribution in [2.24, 2.45) is 11.8 Å². The molecule has 1 saturated carbocycles. The Balaban J connectivity index is 2.11. The number of para-hydroxylation sites is 1. The van der Waals surface area contributed by atoms with E-state index in [1.54, 1.807) is 12.1 Å². The quantitative estimate of drug-likeness (QED) is 0.471. The molecule has 0 heterocycles. The normalized spacial score (nSPS) is 25.0. The summed E-state index contributed by atoms with van der Waals surface area (Å²) in [5, 5.41) is 11.0. The standard InChI is InChI=1S/C14H18BrNO2/c1-10-5-4-7-12(10)13(15)9-11-6-2-3-8-14(11)16(17)18/h2-3,6,8,10,12-13H,4-5,7,9H2,1H3. The van der Waals surface area contributed by atoms with E-state index in [2.05, 4.69) is 22.9 Å². The van der Waals surface area contributed by atoms with Crippen molar-refractivity contribution < 1.29 is 4.92 Å². The molecule has 3 nitrogen and oxygen atoms in total. The number of nitro groups is 1. The molecule has 0 saturated heterocycles. The molecule has 0 amide bonds. The number of rotatable bonds is 4. The summed E-state index contributed by atoms with van der Waals surface area (Å²) in [6.45, 7) is 2.28. The molecule has 1 aliphatic carbocycles. The molecule has 0 bridgehead atoms. The van der Waals surface area contributed by atoms with Gasteiger partial charge >= 0.3 is 0 Å². The van der Waals surface area contributed by atoms with Gasteiger partial charge in [0.05, 0.1) is 4.92 Å². The molecule has 0 N–H and O–H groups in total. The Kier molecular flexibility index (Phi) is 4.38. The second-order valence-corrected chi connectivity index (χ2v) is 6.35. The summed E-state index contributed by atoms with van der Waals surface area (Å²) in [6.07, 6.45) is 4.54. The lowest BCUT2D eigenvalue weighted by Gasteiger charge is -2.21. The van der Waals surface area contributed by atoms with Crippen LogP contribution in [0.4, 0.5) is 5.69 Å². The van der Waals surface area contributed by atoms with Gasteiger partial charge in [-0.05, 0) is 24.7 Å². The predicted octanol–water partition coefficient (Wildman–Crippen LogP) is 4.34. The van der Waals surface area contributed by atoms with E-state index in [0.717, 1.165) is 17.9 Å². The van der Waals surface area contributed by atoms with E-state index >= 15 is 0 Å². The molecule has 18 heavy (non-hydrogen) atoms. The van der Waals surface area contributed by atoms with Crippen LogP contribution in [0.3, 0.4) is 0 Å². The Morgan fingerprint density at radius 1 is 1.44 bits per heavy atom. The van der Waals surface area contributed by atoms with Crippen molar-refractivity contribution in [3.05, 3.63) is 39.9 Å². The number of nitrogens with zero attached hydrogens (tertiary/aromatic N) is 1. The summed E-state index contributed by atoms with van der Waals surface area (Å²) >= 11 is 3.74. The average molecular weight is 312 g/mol. The Bertz CT molecular complexity index is 436. The number of nitro benzene ring substituents is 1. The maximum Gasteiger partial charge on any atom is 0.272 e. The maximum atomic E-state index is 11.0. The molecule has 0 aliphatic heterocycles. The molecular weight excluding hydrogens is 294 g/mol. The molecule has 1 aliphatic rings. The largest absolute Gasteiger partial charge is 0.272 e. The van der Waals surface area contributed by atoms with Crippen LogP contribution in [0, 0.1) is 22.0 Å². The van der Waals surface area contributed by atoms with E-state index in [0.29, 0.717) is 10.7 Å². The molecule has 3 atom stereocenters. The van der Waals surface area contributed by atoms with Crippen LogP contribution in [-0.2, 0) is 6.42 Å². The highest BCUT2D eigenvalue weighted by Gasteiger charge is 2.30. The lowest BCUT2D eigenvalue weighted by Crippen LogP contribution is -2.19. The van der Waals surface area contributed by atoms with Crippen LogP contribution >= 0.6 is 15.9 Å². The monoisotopic (exact) mass is 311 g/mol. The zero-order chi connectivity index (χ0) is 13.1. The SMILES string of the molecule is CC1CCCC1C(Br)Cc1ccccc1[N+](=O)[O-]. The third-order valence-corrected chi connectivity index (χ3v) is 5.00. The van der Waals surface area contributed by atoms with E-state index in [-0.39, 0.29) is 10.6 Å². The molecule has 0 spiro atoms. The van der Waals surface area contributed by atoms with E-state index < -0.39 is 0 Å². The molecule has 1 aromatic carbocycles. The van der Waals surface area contributed by atoms with Gasteiger partial charge in [0.25, 0.3) is 5.69 Å². The summed E-state index contributed by atoms with van der Waals surface area (Å²) in [5.74, 6) is 1.36. The fraction of sp³-hybridized carbons (Fsp3) is 0.571. The van der Waals surface area contributed by atoms with Gasteiger partial charge < -0.3 is 0 Å². The Labute approximate surface area is 116 Å². The Morgan fingerprint density at radius 3 is 2.78 bits per heavy atom. The molecule has 98 valence electrons. The maximum absolute atomic E-state index is 11.0. The van der Waals surface area contributed by atoms with Gasteiger partial charge in [-0.25, -0.2) is 0 Å². The molecule has 1 aromatic rings. The molecular formula is C14H18BrNO2. The number of alkyl halides is 1. The third kappa shape index (κ3) is 2.91. The molecule has 0 aromatic heterocycles. The Hall–Kier alpha value is -0.900. The van der Waals surface area contributed by atoms with Gasteiger partial charge in [0.1, 0.15) is 0 Å². The van der Waals surface area contributed by atoms with Gasteiger partial charge in [-0.2, -0.15) is 0 Å². The topological polar surface area (TPSA) is 43.1 Å². The van der Waals surface area contributed by atoms with Crippen LogP contribution in [0.25, 0.3) is 0 Å². The first-order chi connectivity index (χ1) is 8.59. The lowest BCUT2D eigenvalue weighted by molar-refractivity contribution is -0.385. The highest BCUT2D eigenvalue weighted by Crippen LogP contribution is 2.38. The van der Waals surface area contributed by atoms with E-state index in [1.807, 2.05) is 12.1 Å². The van der Waals surface area contributed by atoms with Gasteiger partial charge in [-0.3, -0.25) is 10.1 Å². The van der Waals surface area contributed by atoms with Crippen LogP contribution in [-0.4, -0.2) is 9.75 Å². The minimum absolute atomic E-state index is 0.243. The number of hydrogen-bond donors (Lipinski definition) is 0.